The van der Waals surface area contributed by atoms with E-state index in [1.807, 2.05) is 116 Å². The number of aryl methyl sites for hydroxylation is 1. The summed E-state index contributed by atoms with van der Waals surface area (Å²) < 4.78 is 18.1. The van der Waals surface area contributed by atoms with Gasteiger partial charge in [-0.05, 0) is 98.5 Å². The second kappa shape index (κ2) is 15.4. The van der Waals surface area contributed by atoms with E-state index in [2.05, 4.69) is 36.9 Å². The fourth-order valence-corrected chi connectivity index (χ4v) is 5.88. The van der Waals surface area contributed by atoms with Crippen molar-refractivity contribution < 1.29 is 23.8 Å². The fraction of sp³-hybridized carbons (Fsp3) is 0.190. The summed E-state index contributed by atoms with van der Waals surface area (Å²) in [6, 6.07) is 39.8. The van der Waals surface area contributed by atoms with Gasteiger partial charge in [0.2, 0.25) is 0 Å². The van der Waals surface area contributed by atoms with Gasteiger partial charge in [0.1, 0.15) is 28.7 Å². The Balaban J connectivity index is 1.22. The van der Waals surface area contributed by atoms with E-state index in [1.54, 1.807) is 0 Å². The Kier molecular flexibility index (Phi) is 10.4. The van der Waals surface area contributed by atoms with Crippen LogP contribution >= 0.6 is 0 Å². The second-order valence-electron chi connectivity index (χ2n) is 11.7. The number of para-hydroxylation sites is 2. The van der Waals surface area contributed by atoms with Gasteiger partial charge < -0.3 is 19.1 Å². The number of ether oxygens (including phenoxy) is 3. The van der Waals surface area contributed by atoms with E-state index in [-0.39, 0.29) is 18.4 Å². The van der Waals surface area contributed by atoms with Crippen molar-refractivity contribution in [1.82, 2.24) is 4.90 Å². The van der Waals surface area contributed by atoms with Gasteiger partial charge in [-0.1, -0.05) is 66.7 Å². The third kappa shape index (κ3) is 7.68. The first-order chi connectivity index (χ1) is 23.9. The van der Waals surface area contributed by atoms with Gasteiger partial charge in [0.15, 0.2) is 0 Å². The molecular weight excluding hydrogens is 612 g/mol. The zero-order valence-corrected chi connectivity index (χ0v) is 28.1. The fourth-order valence-electron chi connectivity index (χ4n) is 5.88. The molecule has 7 nitrogen and oxygen atoms in total. The number of amides is 2. The maximum atomic E-state index is 14.0. The summed E-state index contributed by atoms with van der Waals surface area (Å²) in [5.74, 6) is 2.82. The Bertz CT molecular complexity index is 1810. The number of carbonyl (C=O) groups excluding carboxylic acids is 2. The summed E-state index contributed by atoms with van der Waals surface area (Å²) in [6.07, 6.45) is 0.487. The van der Waals surface area contributed by atoms with E-state index < -0.39 is 0 Å². The Morgan fingerprint density at radius 1 is 0.592 bits per heavy atom. The zero-order chi connectivity index (χ0) is 34.2. The third-order valence-corrected chi connectivity index (χ3v) is 8.50. The van der Waals surface area contributed by atoms with Gasteiger partial charge in [0.05, 0.1) is 17.8 Å². The molecule has 0 radical (unpaired) electrons. The normalized spacial score (nSPS) is 12.8. The first-order valence-corrected chi connectivity index (χ1v) is 16.7. The lowest BCUT2D eigenvalue weighted by Gasteiger charge is -2.22. The molecule has 0 bridgehead atoms. The second-order valence-corrected chi connectivity index (χ2v) is 11.7. The van der Waals surface area contributed by atoms with Crippen molar-refractivity contribution in [2.75, 3.05) is 31.1 Å². The van der Waals surface area contributed by atoms with Crippen molar-refractivity contribution in [3.63, 3.8) is 0 Å². The number of anilines is 1. The highest BCUT2D eigenvalue weighted by Crippen LogP contribution is 2.37. The molecule has 1 aliphatic rings. The SMILES string of the molecule is CCN(CC)c1ccc(C)c(OCCCN2C(=O)C(c3ccc(Oc4ccccc4)cc3)=C(c3ccc(Oc4ccccc4)cc3)C2=O)c1. The molecule has 0 fully saturated rings. The third-order valence-electron chi connectivity index (χ3n) is 8.50. The molecule has 5 aromatic rings. The van der Waals surface area contributed by atoms with E-state index in [4.69, 9.17) is 14.2 Å². The molecule has 248 valence electrons. The molecule has 1 heterocycles. The van der Waals surface area contributed by atoms with Crippen molar-refractivity contribution in [1.29, 1.82) is 0 Å². The van der Waals surface area contributed by atoms with Crippen molar-refractivity contribution in [2.24, 2.45) is 0 Å². The van der Waals surface area contributed by atoms with Gasteiger partial charge in [0, 0.05) is 31.4 Å². The van der Waals surface area contributed by atoms with Crippen LogP contribution in [0.1, 0.15) is 37.0 Å². The lowest BCUT2D eigenvalue weighted by molar-refractivity contribution is -0.136. The first-order valence-electron chi connectivity index (χ1n) is 16.7. The lowest BCUT2D eigenvalue weighted by atomic mass is 9.96. The number of hydrogen-bond donors (Lipinski definition) is 0. The van der Waals surface area contributed by atoms with Gasteiger partial charge in [-0.2, -0.15) is 0 Å². The molecule has 5 aromatic carbocycles. The van der Waals surface area contributed by atoms with Gasteiger partial charge in [-0.15, -0.1) is 0 Å². The number of hydrogen-bond acceptors (Lipinski definition) is 6. The van der Waals surface area contributed by atoms with E-state index >= 15 is 0 Å². The highest BCUT2D eigenvalue weighted by atomic mass is 16.5. The highest BCUT2D eigenvalue weighted by molar-refractivity contribution is 6.49. The Morgan fingerprint density at radius 3 is 1.53 bits per heavy atom. The monoisotopic (exact) mass is 652 g/mol. The standard InChI is InChI=1S/C42H40N2O5/c1-4-43(5-2)33-22-17-30(3)38(29-33)47-28-12-27-44-41(45)39(31-18-23-36(24-19-31)48-34-13-8-6-9-14-34)40(42(44)46)32-20-25-37(26-21-32)49-35-15-10-7-11-16-35/h6-11,13-26,29H,4-5,12,27-28H2,1-3H3. The molecule has 49 heavy (non-hydrogen) atoms. The summed E-state index contributed by atoms with van der Waals surface area (Å²) in [6.45, 7) is 8.67. The maximum absolute atomic E-state index is 14.0. The average Bonchev–Trinajstić information content (AvgIpc) is 3.38. The highest BCUT2D eigenvalue weighted by Gasteiger charge is 2.39. The van der Waals surface area contributed by atoms with Crippen LogP contribution in [0.15, 0.2) is 127 Å². The summed E-state index contributed by atoms with van der Waals surface area (Å²) in [7, 11) is 0. The molecule has 0 unspecified atom stereocenters. The molecule has 0 saturated carbocycles. The van der Waals surface area contributed by atoms with Gasteiger partial charge in [-0.25, -0.2) is 0 Å². The van der Waals surface area contributed by atoms with Crippen LogP contribution in [0.25, 0.3) is 11.1 Å². The molecular formula is C42H40N2O5. The minimum atomic E-state index is -0.332. The van der Waals surface area contributed by atoms with Crippen LogP contribution < -0.4 is 19.1 Å². The van der Waals surface area contributed by atoms with Crippen LogP contribution in [0.2, 0.25) is 0 Å². The van der Waals surface area contributed by atoms with Crippen molar-refractivity contribution >= 4 is 28.6 Å². The number of rotatable bonds is 14. The Labute approximate surface area is 288 Å². The Morgan fingerprint density at radius 2 is 1.06 bits per heavy atom. The minimum Gasteiger partial charge on any atom is -0.493 e. The van der Waals surface area contributed by atoms with Crippen LogP contribution in [0, 0.1) is 6.92 Å². The van der Waals surface area contributed by atoms with Crippen molar-refractivity contribution in [3.05, 3.63) is 144 Å². The van der Waals surface area contributed by atoms with Crippen molar-refractivity contribution in [3.8, 4) is 28.7 Å². The summed E-state index contributed by atoms with van der Waals surface area (Å²) in [5.41, 5.74) is 4.14. The summed E-state index contributed by atoms with van der Waals surface area (Å²) in [5, 5.41) is 0. The number of nitrogens with zero attached hydrogens (tertiary/aromatic N) is 2. The van der Waals surface area contributed by atoms with Crippen LogP contribution in [0.3, 0.4) is 0 Å². The van der Waals surface area contributed by atoms with Crippen molar-refractivity contribution in [2.45, 2.75) is 27.2 Å². The molecule has 0 aromatic heterocycles. The number of benzene rings is 5. The predicted molar refractivity (Wildman–Crippen MR) is 194 cm³/mol. The molecule has 0 saturated heterocycles. The van der Waals surface area contributed by atoms with E-state index in [1.165, 1.54) is 4.90 Å². The molecule has 7 heteroatoms. The van der Waals surface area contributed by atoms with Gasteiger partial charge in [0.25, 0.3) is 11.8 Å². The number of carbonyl (C=O) groups is 2. The summed E-state index contributed by atoms with van der Waals surface area (Å²) >= 11 is 0. The molecule has 6 rings (SSSR count). The molecule has 2 amide bonds. The molecule has 0 aliphatic carbocycles. The lowest BCUT2D eigenvalue weighted by Crippen LogP contribution is -2.33. The van der Waals surface area contributed by atoms with Gasteiger partial charge >= 0.3 is 0 Å². The van der Waals surface area contributed by atoms with Gasteiger partial charge in [-0.3, -0.25) is 14.5 Å². The van der Waals surface area contributed by atoms with Crippen LogP contribution in [0.5, 0.6) is 28.7 Å². The molecule has 0 spiro atoms. The largest absolute Gasteiger partial charge is 0.493 e. The quantitative estimate of drug-likeness (QED) is 0.0880. The zero-order valence-electron chi connectivity index (χ0n) is 28.1. The Hall–Kier alpha value is -5.82. The van der Waals surface area contributed by atoms with E-state index in [0.717, 1.165) is 30.1 Å². The smallest absolute Gasteiger partial charge is 0.262 e. The average molecular weight is 653 g/mol. The van der Waals surface area contributed by atoms with E-state index in [9.17, 15) is 9.59 Å². The van der Waals surface area contributed by atoms with Crippen LogP contribution in [-0.2, 0) is 9.59 Å². The first kappa shape index (κ1) is 33.1. The number of imide groups is 1. The maximum Gasteiger partial charge on any atom is 0.262 e. The molecule has 0 atom stereocenters. The molecule has 1 aliphatic heterocycles. The molecule has 0 N–H and O–H groups in total. The minimum absolute atomic E-state index is 0.226. The predicted octanol–water partition coefficient (Wildman–Crippen LogP) is 9.17. The topological polar surface area (TPSA) is 68.3 Å². The summed E-state index contributed by atoms with van der Waals surface area (Å²) in [4.78, 5) is 31.7. The van der Waals surface area contributed by atoms with E-state index in [0.29, 0.717) is 58.3 Å². The van der Waals surface area contributed by atoms with Crippen LogP contribution in [0.4, 0.5) is 5.69 Å². The van der Waals surface area contributed by atoms with Crippen LogP contribution in [-0.4, -0.2) is 43.0 Å².